The average molecular weight is 714 g/mol. The van der Waals surface area contributed by atoms with E-state index in [9.17, 15) is 23.5 Å². The lowest BCUT2D eigenvalue weighted by atomic mass is 10.2. The molecule has 2 heterocycles. The molecule has 0 bridgehead atoms. The van der Waals surface area contributed by atoms with E-state index in [4.69, 9.17) is 4.74 Å². The number of benzene rings is 3. The fourth-order valence-corrected chi connectivity index (χ4v) is 5.55. The Balaban J connectivity index is 0.000000215. The highest BCUT2D eigenvalue weighted by Gasteiger charge is 2.11. The number of hydrogen-bond donors (Lipinski definition) is 1. The number of rotatable bonds is 5. The molecule has 5 rings (SSSR count). The zero-order chi connectivity index (χ0) is 31.4. The van der Waals surface area contributed by atoms with E-state index in [1.807, 2.05) is 50.2 Å². The number of aromatic nitrogens is 2. The van der Waals surface area contributed by atoms with Gasteiger partial charge in [0.1, 0.15) is 29.7 Å². The highest BCUT2D eigenvalue weighted by molar-refractivity contribution is 9.10. The van der Waals surface area contributed by atoms with E-state index in [0.29, 0.717) is 17.1 Å². The van der Waals surface area contributed by atoms with Crippen LogP contribution in [0.15, 0.2) is 97.4 Å². The largest absolute Gasteiger partial charge is 0.508 e. The minimum Gasteiger partial charge on any atom is -0.508 e. The van der Waals surface area contributed by atoms with E-state index in [2.05, 4.69) is 31.9 Å². The van der Waals surface area contributed by atoms with Gasteiger partial charge < -0.3 is 9.84 Å². The number of nitrogens with zero attached hydrogens (tertiary/aromatic N) is 2. The van der Waals surface area contributed by atoms with Crippen molar-refractivity contribution in [3.05, 3.63) is 148 Å². The van der Waals surface area contributed by atoms with Crippen molar-refractivity contribution in [2.24, 2.45) is 0 Å². The molecule has 0 aliphatic rings. The molecule has 222 valence electrons. The number of pyridine rings is 2. The summed E-state index contributed by atoms with van der Waals surface area (Å²) in [5.74, 6) is -0.990. The SMILES string of the molecule is Cc1cc(Br)ccc1-n1c(C)cc(O)cc1=O.Cc1cc(Br)ccc1-n1c(C)cc(OCc2ccc(F)cc2F)cc1=O. The summed E-state index contributed by atoms with van der Waals surface area (Å²) in [6.45, 7) is 7.37. The Hall–Kier alpha value is -4.02. The smallest absolute Gasteiger partial charge is 0.259 e. The van der Waals surface area contributed by atoms with Crippen LogP contribution in [-0.4, -0.2) is 14.2 Å². The molecule has 0 fully saturated rings. The molecule has 6 nitrogen and oxygen atoms in total. The maximum Gasteiger partial charge on any atom is 0.259 e. The molecule has 0 radical (unpaired) electrons. The molecule has 0 amide bonds. The van der Waals surface area contributed by atoms with Crippen molar-refractivity contribution in [1.29, 1.82) is 0 Å². The molecule has 5 aromatic rings. The topological polar surface area (TPSA) is 73.5 Å². The van der Waals surface area contributed by atoms with E-state index in [0.717, 1.165) is 37.5 Å². The van der Waals surface area contributed by atoms with Gasteiger partial charge in [0, 0.05) is 50.2 Å². The standard InChI is InChI=1S/C20H16BrF2NO2.C13H12BrNO2/c1-12-7-15(21)4-6-19(12)24-13(2)8-17(10-20(24)25)26-11-14-3-5-16(22)9-18(14)23;1-8-5-10(14)3-4-12(8)15-9(2)6-11(16)7-13(15)17/h3-10H,11H2,1-2H3;3-7,16H,1-2H3. The van der Waals surface area contributed by atoms with Crippen molar-refractivity contribution in [3.8, 4) is 22.9 Å². The minimum absolute atomic E-state index is 0.00138. The number of aryl methyl sites for hydroxylation is 4. The Kier molecular flexibility index (Phi) is 10.0. The summed E-state index contributed by atoms with van der Waals surface area (Å²) in [7, 11) is 0. The fourth-order valence-electron chi connectivity index (χ4n) is 4.60. The fraction of sp³-hybridized carbons (Fsp3) is 0.152. The van der Waals surface area contributed by atoms with Gasteiger partial charge in [-0.2, -0.15) is 0 Å². The van der Waals surface area contributed by atoms with Crippen LogP contribution < -0.4 is 15.9 Å². The van der Waals surface area contributed by atoms with E-state index in [1.165, 1.54) is 24.3 Å². The van der Waals surface area contributed by atoms with Crippen LogP contribution >= 0.6 is 31.9 Å². The second-order valence-electron chi connectivity index (χ2n) is 9.92. The molecule has 0 spiro atoms. The predicted octanol–water partition coefficient (Wildman–Crippen LogP) is 8.00. The molecule has 0 saturated carbocycles. The molecule has 0 unspecified atom stereocenters. The molecular weight excluding hydrogens is 686 g/mol. The quantitative estimate of drug-likeness (QED) is 0.200. The van der Waals surface area contributed by atoms with Gasteiger partial charge >= 0.3 is 0 Å². The summed E-state index contributed by atoms with van der Waals surface area (Å²) >= 11 is 6.80. The first kappa shape index (κ1) is 31.9. The van der Waals surface area contributed by atoms with Crippen LogP contribution in [0.3, 0.4) is 0 Å². The molecule has 0 atom stereocenters. The van der Waals surface area contributed by atoms with E-state index in [-0.39, 0.29) is 29.0 Å². The monoisotopic (exact) mass is 712 g/mol. The Labute approximate surface area is 264 Å². The van der Waals surface area contributed by atoms with Crippen LogP contribution in [0.4, 0.5) is 8.78 Å². The second-order valence-corrected chi connectivity index (χ2v) is 11.8. The van der Waals surface area contributed by atoms with Gasteiger partial charge in [0.25, 0.3) is 11.1 Å². The minimum atomic E-state index is -0.680. The van der Waals surface area contributed by atoms with Gasteiger partial charge in [-0.3, -0.25) is 18.7 Å². The highest BCUT2D eigenvalue weighted by Crippen LogP contribution is 2.23. The van der Waals surface area contributed by atoms with E-state index in [1.54, 1.807) is 35.1 Å². The number of hydrogen-bond acceptors (Lipinski definition) is 4. The average Bonchev–Trinajstić information content (AvgIpc) is 2.90. The number of aromatic hydroxyl groups is 1. The first-order valence-electron chi connectivity index (χ1n) is 13.1. The molecule has 2 aromatic heterocycles. The van der Waals surface area contributed by atoms with Gasteiger partial charge in [-0.15, -0.1) is 0 Å². The van der Waals surface area contributed by atoms with Crippen LogP contribution in [-0.2, 0) is 6.61 Å². The highest BCUT2D eigenvalue weighted by atomic mass is 79.9. The van der Waals surface area contributed by atoms with Crippen molar-refractivity contribution in [2.75, 3.05) is 0 Å². The second kappa shape index (κ2) is 13.5. The summed E-state index contributed by atoms with van der Waals surface area (Å²) in [4.78, 5) is 24.5. The lowest BCUT2D eigenvalue weighted by molar-refractivity contribution is 0.298. The summed E-state index contributed by atoms with van der Waals surface area (Å²) in [5, 5.41) is 9.36. The summed E-state index contributed by atoms with van der Waals surface area (Å²) in [6.07, 6.45) is 0. The lowest BCUT2D eigenvalue weighted by Gasteiger charge is -2.15. The van der Waals surface area contributed by atoms with E-state index < -0.39 is 11.6 Å². The molecule has 0 saturated heterocycles. The Morgan fingerprint density at radius 3 is 1.72 bits per heavy atom. The van der Waals surface area contributed by atoms with Crippen LogP contribution in [0.25, 0.3) is 11.4 Å². The molecule has 0 aliphatic heterocycles. The van der Waals surface area contributed by atoms with Gasteiger partial charge in [-0.05, 0) is 93.4 Å². The first-order valence-corrected chi connectivity index (χ1v) is 14.7. The zero-order valence-corrected chi connectivity index (χ0v) is 27.0. The third-order valence-corrected chi connectivity index (χ3v) is 7.59. The van der Waals surface area contributed by atoms with Crippen molar-refractivity contribution < 1.29 is 18.6 Å². The summed E-state index contributed by atoms with van der Waals surface area (Å²) in [6, 6.07) is 20.5. The lowest BCUT2D eigenvalue weighted by Crippen LogP contribution is -2.20. The van der Waals surface area contributed by atoms with Crippen molar-refractivity contribution in [1.82, 2.24) is 9.13 Å². The van der Waals surface area contributed by atoms with E-state index >= 15 is 0 Å². The summed E-state index contributed by atoms with van der Waals surface area (Å²) < 4.78 is 37.3. The number of halogens is 4. The summed E-state index contributed by atoms with van der Waals surface area (Å²) in [5.41, 5.74) is 4.71. The zero-order valence-electron chi connectivity index (χ0n) is 23.8. The molecule has 10 heteroatoms. The van der Waals surface area contributed by atoms with Crippen LogP contribution in [0.2, 0.25) is 0 Å². The van der Waals surface area contributed by atoms with Crippen molar-refractivity contribution in [3.63, 3.8) is 0 Å². The molecule has 0 aliphatic carbocycles. The maximum absolute atomic E-state index is 13.7. The third kappa shape index (κ3) is 7.69. The van der Waals surface area contributed by atoms with Gasteiger partial charge in [0.2, 0.25) is 0 Å². The van der Waals surface area contributed by atoms with Gasteiger partial charge in [0.15, 0.2) is 0 Å². The van der Waals surface area contributed by atoms with Crippen molar-refractivity contribution in [2.45, 2.75) is 34.3 Å². The number of ether oxygens (including phenoxy) is 1. The maximum atomic E-state index is 13.7. The Morgan fingerprint density at radius 2 is 1.23 bits per heavy atom. The molecule has 3 aromatic carbocycles. The molecular formula is C33H28Br2F2N2O4. The molecule has 1 N–H and O–H groups in total. The Bertz CT molecular complexity index is 1940. The van der Waals surface area contributed by atoms with Crippen molar-refractivity contribution >= 4 is 31.9 Å². The van der Waals surface area contributed by atoms with Gasteiger partial charge in [-0.1, -0.05) is 31.9 Å². The third-order valence-electron chi connectivity index (χ3n) is 6.60. The first-order chi connectivity index (χ1) is 20.3. The normalized spacial score (nSPS) is 10.7. The predicted molar refractivity (Wildman–Crippen MR) is 171 cm³/mol. The molecule has 43 heavy (non-hydrogen) atoms. The van der Waals surface area contributed by atoms with Crippen LogP contribution in [0, 0.1) is 39.3 Å². The van der Waals surface area contributed by atoms with Crippen LogP contribution in [0.5, 0.6) is 11.5 Å². The van der Waals surface area contributed by atoms with Crippen LogP contribution in [0.1, 0.15) is 28.1 Å². The van der Waals surface area contributed by atoms with Gasteiger partial charge in [-0.25, -0.2) is 8.78 Å². The van der Waals surface area contributed by atoms with Gasteiger partial charge in [0.05, 0.1) is 11.4 Å². The Morgan fingerprint density at radius 1 is 0.698 bits per heavy atom.